The van der Waals surface area contributed by atoms with Gasteiger partial charge in [0.2, 0.25) is 65.0 Å². The first-order valence-corrected chi connectivity index (χ1v) is 32.9. The van der Waals surface area contributed by atoms with E-state index in [1.807, 2.05) is 10.6 Å². The van der Waals surface area contributed by atoms with Gasteiger partial charge in [0.15, 0.2) is 24.2 Å². The molecule has 3 rings (SSSR count). The fourth-order valence-electron chi connectivity index (χ4n) is 10.1. The maximum absolute atomic E-state index is 15.6. The normalized spacial score (nSPS) is 23.4. The Morgan fingerprint density at radius 2 is 1.28 bits per heavy atom. The molecule has 2 heterocycles. The lowest BCUT2D eigenvalue weighted by molar-refractivity contribution is -0.159. The molecule has 2 aromatic rings. The summed E-state index contributed by atoms with van der Waals surface area (Å²) in [4.78, 5) is 190. The number of ether oxygens (including phenoxy) is 2. The van der Waals surface area contributed by atoms with Crippen LogP contribution in [0.4, 0.5) is 4.79 Å². The molecule has 556 valence electrons. The van der Waals surface area contributed by atoms with E-state index in [2.05, 4.69) is 58.2 Å². The summed E-state index contributed by atoms with van der Waals surface area (Å²) in [6, 6.07) is -8.57. The minimum absolute atomic E-state index is 0.00483. The predicted octanol–water partition coefficient (Wildman–Crippen LogP) is -4.07. The number of pyridine rings is 1. The zero-order valence-electron chi connectivity index (χ0n) is 58.5. The first kappa shape index (κ1) is 84.6. The molecule has 1 aromatic heterocycles. The maximum atomic E-state index is 15.6. The number of hydrogen-bond donors (Lipinski definition) is 19. The van der Waals surface area contributed by atoms with Crippen molar-refractivity contribution >= 4 is 83.0 Å². The van der Waals surface area contributed by atoms with Gasteiger partial charge in [-0.1, -0.05) is 98.2 Å². The lowest BCUT2D eigenvalue weighted by atomic mass is 9.95. The molecule has 15 atom stereocenters. The van der Waals surface area contributed by atoms with Crippen LogP contribution >= 0.6 is 0 Å². The average molecular weight is 1410 g/mol. The molecule has 0 bridgehead atoms. The van der Waals surface area contributed by atoms with Crippen molar-refractivity contribution in [3.05, 3.63) is 66.0 Å². The summed E-state index contributed by atoms with van der Waals surface area (Å²) < 4.78 is 11.4. The van der Waals surface area contributed by atoms with Crippen LogP contribution in [0.15, 0.2) is 54.9 Å². The largest absolute Gasteiger partial charge is 0.453 e. The minimum Gasteiger partial charge on any atom is -0.453 e. The fraction of sp³-hybridized carbons (Fsp3) is 0.615. The van der Waals surface area contributed by atoms with Gasteiger partial charge in [0, 0.05) is 25.4 Å². The third kappa shape index (κ3) is 28.0. The molecule has 0 radical (unpaired) electrons. The molecule has 1 aromatic carbocycles. The van der Waals surface area contributed by atoms with Crippen LogP contribution in [0.1, 0.15) is 132 Å². The molecule has 35 nitrogen and oxygen atoms in total. The third-order valence-corrected chi connectivity index (χ3v) is 15.6. The van der Waals surface area contributed by atoms with Crippen LogP contribution in [-0.2, 0) is 73.4 Å². The molecule has 2 unspecified atom stereocenters. The van der Waals surface area contributed by atoms with Crippen LogP contribution in [0.25, 0.3) is 0 Å². The molecule has 100 heavy (non-hydrogen) atoms. The Balaban J connectivity index is 2.44. The summed E-state index contributed by atoms with van der Waals surface area (Å²) in [7, 11) is 0. The summed E-state index contributed by atoms with van der Waals surface area (Å²) in [6.07, 6.45) is -6.94. The Bertz CT molecular complexity index is 3140. The highest BCUT2D eigenvalue weighted by molar-refractivity contribution is 6.00. The quantitative estimate of drug-likeness (QED) is 0.0206. The number of guanidine groups is 1. The molecule has 0 saturated carbocycles. The average Bonchev–Trinajstić information content (AvgIpc) is 0.831. The van der Waals surface area contributed by atoms with Gasteiger partial charge in [-0.3, -0.25) is 63.1 Å². The number of aromatic nitrogens is 1. The molecular weight excluding hydrogens is 1310 g/mol. The smallest absolute Gasteiger partial charge is 0.408 e. The summed E-state index contributed by atoms with van der Waals surface area (Å²) >= 11 is 0. The number of nitrogens with one attached hydrogen (secondary N) is 13. The van der Waals surface area contributed by atoms with Crippen LogP contribution in [0.5, 0.6) is 0 Å². The van der Waals surface area contributed by atoms with Gasteiger partial charge in [-0.15, -0.1) is 0 Å². The van der Waals surface area contributed by atoms with E-state index in [1.54, 1.807) is 74.4 Å². The van der Waals surface area contributed by atoms with Crippen molar-refractivity contribution in [1.82, 2.24) is 68.8 Å². The Hall–Kier alpha value is -9.61. The molecule has 1 aliphatic rings. The van der Waals surface area contributed by atoms with Crippen molar-refractivity contribution in [3.8, 4) is 0 Å². The fourth-order valence-corrected chi connectivity index (χ4v) is 10.1. The number of carbonyl (C=O) groups excluding carboxylic acids is 13. The number of aliphatic hydroxyl groups is 4. The Morgan fingerprint density at radius 1 is 0.690 bits per heavy atom. The van der Waals surface area contributed by atoms with Gasteiger partial charge in [-0.2, -0.15) is 0 Å². The maximum Gasteiger partial charge on any atom is 0.408 e. The third-order valence-electron chi connectivity index (χ3n) is 15.6. The van der Waals surface area contributed by atoms with E-state index in [0.717, 1.165) is 6.92 Å². The molecule has 35 heteroatoms. The second kappa shape index (κ2) is 40.5. The van der Waals surface area contributed by atoms with Crippen LogP contribution in [0.2, 0.25) is 0 Å². The number of hydrogen-bond acceptors (Lipinski definition) is 21. The van der Waals surface area contributed by atoms with E-state index in [4.69, 9.17) is 26.4 Å². The van der Waals surface area contributed by atoms with Gasteiger partial charge < -0.3 is 105 Å². The number of nitrogens with two attached hydrogens (primary N) is 2. The second-order valence-electron chi connectivity index (χ2n) is 26.6. The van der Waals surface area contributed by atoms with Gasteiger partial charge in [0.1, 0.15) is 60.0 Å². The lowest BCUT2D eigenvalue weighted by Crippen LogP contribution is -2.64. The van der Waals surface area contributed by atoms with Gasteiger partial charge in [-0.05, 0) is 94.2 Å². The predicted molar refractivity (Wildman–Crippen MR) is 359 cm³/mol. The second-order valence-corrected chi connectivity index (χ2v) is 26.6. The van der Waals surface area contributed by atoms with Crippen LogP contribution < -0.4 is 75.3 Å². The van der Waals surface area contributed by atoms with Gasteiger partial charge in [0.05, 0.1) is 25.4 Å². The monoisotopic (exact) mass is 1410 g/mol. The molecule has 1 saturated heterocycles. The highest BCUT2D eigenvalue weighted by Gasteiger charge is 2.44. The highest BCUT2D eigenvalue weighted by atomic mass is 16.6. The number of carbonyl (C=O) groups is 13. The van der Waals surface area contributed by atoms with Gasteiger partial charge >= 0.3 is 12.1 Å². The summed E-state index contributed by atoms with van der Waals surface area (Å²) in [5.41, 5.74) is 10.2. The van der Waals surface area contributed by atoms with Crippen molar-refractivity contribution in [2.75, 3.05) is 19.7 Å². The lowest BCUT2D eigenvalue weighted by Gasteiger charge is -2.34. The van der Waals surface area contributed by atoms with E-state index >= 15 is 14.4 Å². The molecular formula is C65H102N16O19. The number of primary amides is 1. The standard InChI is InChI=1S/C65H102N16O19/c1-13-34(8)44-58(93)79-45(35(9)83)57(92)71-29-43(84)77-47(50(86)52(66)87)60(95)75-42(30-82)62(97)99-51(37-20-15-14-16-21-37)48(81-56(91)40(26-32(4)5)73-55(90)41(27-36-19-17-23-69-28-36)76-64(98)100-65(10,11)12)61(96)80-46(49(85)33(6)7)59(94)74-39(25-31(2)3)54(89)72-38(53(88)78-44)22-18-24-70-63(67)68/h14-17,19-21,23,28,31-35,38-42,44-51,82-83,85-86H,13,18,22,24-27,29-30H2,1-12H3,(H2,66,87)(H,71,92)(H,72,89)(H,73,90)(H,74,94)(H,75,95)(H,76,98)(H,77,84)(H,78,88)(H,79,93)(H,80,96)(H,81,91)(H4,67,68,70)/t34-,35-,38+,39-,40-,41+,42-,44?,45?,46-,47-,48-,49+,50-,51+/m0/s1. The van der Waals surface area contributed by atoms with E-state index in [1.165, 1.54) is 56.6 Å². The SMILES string of the molecule is CC[C@H](C)C1NC(=O)[C@@H](CCCNC(=N)N)NC(=O)[C@H](CC(C)C)NC(=O)[C@H]([C@H](O)C(C)C)NC(=O)[C@@H](NC(=O)[C@H](CC(C)C)NC(=O)[C@@H](Cc2cccnc2)NC(=O)OC(C)(C)C)[C@@H](c2ccccc2)OC(=O)[C@H](CO)NC(=O)[C@H]([C@H](O)C(N)=O)NC(=O)CNC(=O)C([C@H](C)O)NC1=O. The van der Waals surface area contributed by atoms with Gasteiger partial charge in [0.25, 0.3) is 0 Å². The number of rotatable bonds is 24. The Labute approximate surface area is 580 Å². The molecule has 0 aliphatic carbocycles. The van der Waals surface area contributed by atoms with Crippen LogP contribution in [-0.4, -0.2) is 212 Å². The van der Waals surface area contributed by atoms with E-state index in [9.17, 15) is 68.4 Å². The Kier molecular flexibility index (Phi) is 34.2. The van der Waals surface area contributed by atoms with Crippen molar-refractivity contribution in [2.45, 2.75) is 212 Å². The summed E-state index contributed by atoms with van der Waals surface area (Å²) in [5, 5.41) is 81.2. The van der Waals surface area contributed by atoms with Crippen LogP contribution in [0, 0.1) is 29.1 Å². The summed E-state index contributed by atoms with van der Waals surface area (Å²) in [5.74, 6) is -18.1. The van der Waals surface area contributed by atoms with E-state index in [-0.39, 0.29) is 50.6 Å². The number of amides is 12. The van der Waals surface area contributed by atoms with E-state index in [0.29, 0.717) is 5.56 Å². The number of aliphatic hydroxyl groups excluding tert-OH is 4. The zero-order valence-corrected chi connectivity index (χ0v) is 58.5. The molecule has 21 N–H and O–H groups in total. The van der Waals surface area contributed by atoms with Gasteiger partial charge in [-0.25, -0.2) is 9.59 Å². The number of nitrogens with zero attached hydrogens (tertiary/aromatic N) is 1. The van der Waals surface area contributed by atoms with Crippen molar-refractivity contribution < 1.29 is 92.2 Å². The molecule has 1 aliphatic heterocycles. The van der Waals surface area contributed by atoms with Crippen molar-refractivity contribution in [1.29, 1.82) is 5.41 Å². The number of cyclic esters (lactones) is 1. The van der Waals surface area contributed by atoms with Crippen molar-refractivity contribution in [2.24, 2.45) is 35.1 Å². The number of alkyl carbamates (subject to hydrolysis) is 1. The molecule has 12 amide bonds. The number of esters is 1. The van der Waals surface area contributed by atoms with E-state index < -0.39 is 210 Å². The number of benzene rings is 1. The summed E-state index contributed by atoms with van der Waals surface area (Å²) in [6.45, 7) is 16.3. The minimum atomic E-state index is -2.61. The highest BCUT2D eigenvalue weighted by Crippen LogP contribution is 2.25. The first-order valence-electron chi connectivity index (χ1n) is 32.9. The zero-order chi connectivity index (χ0) is 75.5. The first-order chi connectivity index (χ1) is 46.8. The molecule has 1 fully saturated rings. The topological polar surface area (TPSA) is 554 Å². The molecule has 0 spiro atoms. The Morgan fingerprint density at radius 3 is 1.83 bits per heavy atom. The van der Waals surface area contributed by atoms with Crippen molar-refractivity contribution in [3.63, 3.8) is 0 Å². The van der Waals surface area contributed by atoms with Crippen LogP contribution in [0.3, 0.4) is 0 Å².